The molecule has 0 spiro atoms. The van der Waals surface area contributed by atoms with Crippen molar-refractivity contribution in [3.8, 4) is 0 Å². The lowest BCUT2D eigenvalue weighted by Crippen LogP contribution is -2.44. The molecule has 0 bridgehead atoms. The predicted molar refractivity (Wildman–Crippen MR) is 84.5 cm³/mol. The van der Waals surface area contributed by atoms with E-state index in [-0.39, 0.29) is 5.91 Å². The largest absolute Gasteiger partial charge is 0.467 e. The van der Waals surface area contributed by atoms with E-state index in [0.717, 1.165) is 0 Å². The summed E-state index contributed by atoms with van der Waals surface area (Å²) in [6.45, 7) is 1.74. The zero-order chi connectivity index (χ0) is 16.8. The molecular formula is C18H18FNO3. The Labute approximate surface area is 134 Å². The molecule has 1 amide bonds. The minimum Gasteiger partial charge on any atom is -0.467 e. The molecule has 0 aliphatic heterocycles. The monoisotopic (exact) mass is 315 g/mol. The van der Waals surface area contributed by atoms with Crippen molar-refractivity contribution < 1.29 is 18.7 Å². The molecule has 0 aromatic heterocycles. The van der Waals surface area contributed by atoms with Crippen molar-refractivity contribution in [3.63, 3.8) is 0 Å². The molecule has 0 fully saturated rings. The SMILES string of the molecule is COC(=O)[C@@H](NC(=O)c1ccccc1)[C@H](C)c1cccc(F)c1. The van der Waals surface area contributed by atoms with Crippen LogP contribution in [-0.4, -0.2) is 25.0 Å². The Hall–Kier alpha value is -2.69. The summed E-state index contributed by atoms with van der Waals surface area (Å²) in [4.78, 5) is 24.3. The first-order chi connectivity index (χ1) is 11.0. The van der Waals surface area contributed by atoms with E-state index in [4.69, 9.17) is 4.74 Å². The van der Waals surface area contributed by atoms with Crippen LogP contribution in [0.25, 0.3) is 0 Å². The maximum Gasteiger partial charge on any atom is 0.328 e. The number of benzene rings is 2. The Balaban J connectivity index is 2.23. The van der Waals surface area contributed by atoms with Crippen molar-refractivity contribution in [1.29, 1.82) is 0 Å². The summed E-state index contributed by atoms with van der Waals surface area (Å²) in [5, 5.41) is 2.67. The molecular weight excluding hydrogens is 297 g/mol. The molecule has 0 unspecified atom stereocenters. The summed E-state index contributed by atoms with van der Waals surface area (Å²) in [6.07, 6.45) is 0. The van der Waals surface area contributed by atoms with Crippen LogP contribution in [0, 0.1) is 5.82 Å². The van der Waals surface area contributed by atoms with Crippen LogP contribution in [0.2, 0.25) is 0 Å². The molecule has 23 heavy (non-hydrogen) atoms. The molecule has 120 valence electrons. The number of ether oxygens (including phenoxy) is 1. The first-order valence-electron chi connectivity index (χ1n) is 7.22. The molecule has 0 saturated heterocycles. The summed E-state index contributed by atoms with van der Waals surface area (Å²) in [7, 11) is 1.25. The molecule has 0 radical (unpaired) electrons. The van der Waals surface area contributed by atoms with Gasteiger partial charge >= 0.3 is 5.97 Å². The van der Waals surface area contributed by atoms with E-state index in [2.05, 4.69) is 5.32 Å². The normalized spacial score (nSPS) is 13.0. The molecule has 0 aliphatic rings. The summed E-state index contributed by atoms with van der Waals surface area (Å²) in [5.41, 5.74) is 1.04. The molecule has 0 aliphatic carbocycles. The Bertz CT molecular complexity index is 688. The van der Waals surface area contributed by atoms with Gasteiger partial charge in [-0.15, -0.1) is 0 Å². The Morgan fingerprint density at radius 2 is 1.78 bits per heavy atom. The Kier molecular flexibility index (Phi) is 5.46. The number of carbonyl (C=O) groups is 2. The van der Waals surface area contributed by atoms with Crippen LogP contribution in [0.5, 0.6) is 0 Å². The van der Waals surface area contributed by atoms with Crippen molar-refractivity contribution in [2.75, 3.05) is 7.11 Å². The average molecular weight is 315 g/mol. The van der Waals surface area contributed by atoms with Crippen molar-refractivity contribution in [2.24, 2.45) is 0 Å². The van der Waals surface area contributed by atoms with E-state index >= 15 is 0 Å². The van der Waals surface area contributed by atoms with Crippen LogP contribution < -0.4 is 5.32 Å². The number of esters is 1. The van der Waals surface area contributed by atoms with Crippen LogP contribution in [0.3, 0.4) is 0 Å². The van der Waals surface area contributed by atoms with Crippen molar-refractivity contribution in [3.05, 3.63) is 71.5 Å². The topological polar surface area (TPSA) is 55.4 Å². The standard InChI is InChI=1S/C18H18FNO3/c1-12(14-9-6-10-15(19)11-14)16(18(22)23-2)20-17(21)13-7-4-3-5-8-13/h3-12,16H,1-2H3,(H,20,21)/t12-,16+/m1/s1. The Morgan fingerprint density at radius 1 is 1.09 bits per heavy atom. The van der Waals surface area contributed by atoms with Crippen LogP contribution >= 0.6 is 0 Å². The number of methoxy groups -OCH3 is 1. The van der Waals surface area contributed by atoms with E-state index in [0.29, 0.717) is 11.1 Å². The van der Waals surface area contributed by atoms with Crippen LogP contribution in [0.4, 0.5) is 4.39 Å². The van der Waals surface area contributed by atoms with Crippen molar-refractivity contribution >= 4 is 11.9 Å². The maximum atomic E-state index is 13.4. The minimum atomic E-state index is -0.908. The Morgan fingerprint density at radius 3 is 2.39 bits per heavy atom. The highest BCUT2D eigenvalue weighted by Crippen LogP contribution is 2.21. The number of rotatable bonds is 5. The van der Waals surface area contributed by atoms with Gasteiger partial charge < -0.3 is 10.1 Å². The molecule has 2 aromatic rings. The van der Waals surface area contributed by atoms with Gasteiger partial charge in [0.25, 0.3) is 5.91 Å². The van der Waals surface area contributed by atoms with Crippen LogP contribution in [0.15, 0.2) is 54.6 Å². The quantitative estimate of drug-likeness (QED) is 0.863. The number of nitrogens with one attached hydrogen (secondary N) is 1. The van der Waals surface area contributed by atoms with E-state index in [1.807, 2.05) is 0 Å². The lowest BCUT2D eigenvalue weighted by molar-refractivity contribution is -0.143. The highest BCUT2D eigenvalue weighted by Gasteiger charge is 2.29. The lowest BCUT2D eigenvalue weighted by Gasteiger charge is -2.23. The summed E-state index contributed by atoms with van der Waals surface area (Å²) >= 11 is 0. The van der Waals surface area contributed by atoms with Crippen LogP contribution in [0.1, 0.15) is 28.8 Å². The van der Waals surface area contributed by atoms with E-state index in [9.17, 15) is 14.0 Å². The van der Waals surface area contributed by atoms with Gasteiger partial charge in [0.05, 0.1) is 7.11 Å². The third-order valence-corrected chi connectivity index (χ3v) is 3.65. The summed E-state index contributed by atoms with van der Waals surface area (Å²) < 4.78 is 18.2. The zero-order valence-electron chi connectivity index (χ0n) is 13.0. The number of amides is 1. The molecule has 2 atom stereocenters. The molecule has 0 saturated carbocycles. The van der Waals surface area contributed by atoms with E-state index in [1.165, 1.54) is 19.2 Å². The number of halogens is 1. The minimum absolute atomic E-state index is 0.385. The summed E-state index contributed by atoms with van der Waals surface area (Å²) in [6, 6.07) is 13.6. The first-order valence-corrected chi connectivity index (χ1v) is 7.22. The third-order valence-electron chi connectivity index (χ3n) is 3.65. The fourth-order valence-electron chi connectivity index (χ4n) is 2.31. The second-order valence-corrected chi connectivity index (χ2v) is 5.18. The number of hydrogen-bond acceptors (Lipinski definition) is 3. The smallest absolute Gasteiger partial charge is 0.328 e. The molecule has 2 aromatic carbocycles. The molecule has 0 heterocycles. The second-order valence-electron chi connectivity index (χ2n) is 5.18. The zero-order valence-corrected chi connectivity index (χ0v) is 13.0. The van der Waals surface area contributed by atoms with Gasteiger partial charge in [-0.2, -0.15) is 0 Å². The number of hydrogen-bond donors (Lipinski definition) is 1. The van der Waals surface area contributed by atoms with Crippen molar-refractivity contribution in [1.82, 2.24) is 5.32 Å². The molecule has 4 nitrogen and oxygen atoms in total. The average Bonchev–Trinajstić information content (AvgIpc) is 2.59. The highest BCUT2D eigenvalue weighted by molar-refractivity contribution is 5.97. The highest BCUT2D eigenvalue weighted by atomic mass is 19.1. The van der Waals surface area contributed by atoms with Gasteiger partial charge in [0, 0.05) is 11.5 Å². The van der Waals surface area contributed by atoms with Gasteiger partial charge in [0.1, 0.15) is 11.9 Å². The number of carbonyl (C=O) groups excluding carboxylic acids is 2. The van der Waals surface area contributed by atoms with Gasteiger partial charge in [0.15, 0.2) is 0 Å². The van der Waals surface area contributed by atoms with Crippen molar-refractivity contribution in [2.45, 2.75) is 18.9 Å². The van der Waals surface area contributed by atoms with Crippen LogP contribution in [-0.2, 0) is 9.53 Å². The van der Waals surface area contributed by atoms with Gasteiger partial charge in [0.2, 0.25) is 0 Å². The second kappa shape index (κ2) is 7.54. The van der Waals surface area contributed by atoms with Gasteiger partial charge in [-0.1, -0.05) is 37.3 Å². The van der Waals surface area contributed by atoms with Gasteiger partial charge in [-0.3, -0.25) is 4.79 Å². The fraction of sp³-hybridized carbons (Fsp3) is 0.222. The van der Waals surface area contributed by atoms with Gasteiger partial charge in [-0.25, -0.2) is 9.18 Å². The fourth-order valence-corrected chi connectivity index (χ4v) is 2.31. The molecule has 2 rings (SSSR count). The lowest BCUT2D eigenvalue weighted by atomic mass is 9.93. The molecule has 1 N–H and O–H groups in total. The molecule has 5 heteroatoms. The van der Waals surface area contributed by atoms with E-state index in [1.54, 1.807) is 49.4 Å². The maximum absolute atomic E-state index is 13.4. The third kappa shape index (κ3) is 4.16. The summed E-state index contributed by atoms with van der Waals surface area (Å²) in [5.74, 6) is -1.80. The first kappa shape index (κ1) is 16.7. The van der Waals surface area contributed by atoms with Gasteiger partial charge in [-0.05, 0) is 29.8 Å². The predicted octanol–water partition coefficient (Wildman–Crippen LogP) is 2.90. The van der Waals surface area contributed by atoms with E-state index < -0.39 is 23.7 Å².